The van der Waals surface area contributed by atoms with Gasteiger partial charge in [-0.2, -0.15) is 0 Å². The summed E-state index contributed by atoms with van der Waals surface area (Å²) in [5.41, 5.74) is 1.08. The van der Waals surface area contributed by atoms with E-state index in [9.17, 15) is 14.4 Å². The number of halogens is 1. The molecular formula is C16H14ClN3O4. The minimum Gasteiger partial charge on any atom is -0.465 e. The Balaban J connectivity index is 2.20. The van der Waals surface area contributed by atoms with Gasteiger partial charge in [-0.1, -0.05) is 11.6 Å². The minimum atomic E-state index is -0.542. The van der Waals surface area contributed by atoms with E-state index in [1.54, 1.807) is 12.1 Å². The molecule has 1 aromatic carbocycles. The summed E-state index contributed by atoms with van der Waals surface area (Å²) in [6.45, 7) is 1.35. The van der Waals surface area contributed by atoms with Crippen molar-refractivity contribution in [2.45, 2.75) is 6.92 Å². The number of hydrogen-bond acceptors (Lipinski definition) is 5. The summed E-state index contributed by atoms with van der Waals surface area (Å²) in [6.07, 6.45) is 1.25. The van der Waals surface area contributed by atoms with Gasteiger partial charge in [-0.05, 0) is 30.3 Å². The molecule has 0 atom stereocenters. The highest BCUT2D eigenvalue weighted by atomic mass is 35.5. The lowest BCUT2D eigenvalue weighted by atomic mass is 10.2. The third kappa shape index (κ3) is 4.30. The van der Waals surface area contributed by atoms with E-state index < -0.39 is 11.9 Å². The fourth-order valence-electron chi connectivity index (χ4n) is 1.87. The zero-order chi connectivity index (χ0) is 17.7. The molecule has 2 amide bonds. The number of nitrogens with zero attached hydrogens (tertiary/aromatic N) is 1. The van der Waals surface area contributed by atoms with E-state index in [0.717, 1.165) is 0 Å². The van der Waals surface area contributed by atoms with Gasteiger partial charge in [-0.15, -0.1) is 0 Å². The molecule has 0 spiro atoms. The van der Waals surface area contributed by atoms with Crippen molar-refractivity contribution < 1.29 is 19.1 Å². The van der Waals surface area contributed by atoms with Crippen molar-refractivity contribution in [3.05, 3.63) is 52.8 Å². The van der Waals surface area contributed by atoms with Crippen LogP contribution in [0.5, 0.6) is 0 Å². The molecule has 0 fully saturated rings. The first-order valence-electron chi connectivity index (χ1n) is 6.83. The lowest BCUT2D eigenvalue weighted by Gasteiger charge is -2.11. The van der Waals surface area contributed by atoms with Crippen LogP contribution in [0.25, 0.3) is 0 Å². The van der Waals surface area contributed by atoms with Crippen molar-refractivity contribution in [3.8, 4) is 0 Å². The Morgan fingerprint density at radius 3 is 2.42 bits per heavy atom. The quantitative estimate of drug-likeness (QED) is 0.829. The fraction of sp³-hybridized carbons (Fsp3) is 0.125. The number of nitrogens with one attached hydrogen (secondary N) is 2. The number of methoxy groups -OCH3 is 1. The van der Waals surface area contributed by atoms with Gasteiger partial charge in [-0.3, -0.25) is 14.6 Å². The van der Waals surface area contributed by atoms with Crippen LogP contribution in [-0.2, 0) is 9.53 Å². The molecule has 1 heterocycles. The Bertz CT molecular complexity index is 790. The van der Waals surface area contributed by atoms with Crippen LogP contribution in [0.2, 0.25) is 5.02 Å². The van der Waals surface area contributed by atoms with Crippen LogP contribution in [0.15, 0.2) is 36.5 Å². The zero-order valence-corrected chi connectivity index (χ0v) is 13.7. The number of anilines is 2. The van der Waals surface area contributed by atoms with Crippen LogP contribution in [0.3, 0.4) is 0 Å². The first-order chi connectivity index (χ1) is 11.4. The van der Waals surface area contributed by atoms with Crippen molar-refractivity contribution >= 4 is 40.8 Å². The highest BCUT2D eigenvalue weighted by Crippen LogP contribution is 2.26. The molecule has 0 aliphatic rings. The van der Waals surface area contributed by atoms with Gasteiger partial charge in [-0.25, -0.2) is 4.79 Å². The van der Waals surface area contributed by atoms with Gasteiger partial charge in [0.1, 0.15) is 5.69 Å². The molecule has 0 unspecified atom stereocenters. The number of hydrogen-bond donors (Lipinski definition) is 2. The molecule has 0 bridgehead atoms. The van der Waals surface area contributed by atoms with Gasteiger partial charge < -0.3 is 15.4 Å². The normalized spacial score (nSPS) is 9.96. The van der Waals surface area contributed by atoms with E-state index in [1.807, 2.05) is 0 Å². The maximum atomic E-state index is 12.3. The maximum Gasteiger partial charge on any atom is 0.339 e. The lowest BCUT2D eigenvalue weighted by Crippen LogP contribution is -2.16. The van der Waals surface area contributed by atoms with Crippen LogP contribution in [0.1, 0.15) is 27.8 Å². The molecule has 0 saturated heterocycles. The Hall–Kier alpha value is -2.93. The highest BCUT2D eigenvalue weighted by Gasteiger charge is 2.13. The highest BCUT2D eigenvalue weighted by molar-refractivity contribution is 6.31. The molecule has 24 heavy (non-hydrogen) atoms. The van der Waals surface area contributed by atoms with E-state index in [1.165, 1.54) is 38.4 Å². The second-order valence-electron chi connectivity index (χ2n) is 4.75. The number of carbonyl (C=O) groups excluding carboxylic acids is 3. The third-order valence-corrected chi connectivity index (χ3v) is 3.19. The molecule has 2 rings (SSSR count). The number of aromatic nitrogens is 1. The average Bonchev–Trinajstić information content (AvgIpc) is 2.56. The number of ether oxygens (including phenoxy) is 1. The van der Waals surface area contributed by atoms with Gasteiger partial charge in [0.15, 0.2) is 0 Å². The fourth-order valence-corrected chi connectivity index (χ4v) is 2.04. The molecule has 2 aromatic rings. The van der Waals surface area contributed by atoms with Crippen molar-refractivity contribution in [2.75, 3.05) is 17.7 Å². The number of amides is 2. The third-order valence-electron chi connectivity index (χ3n) is 2.96. The molecular weight excluding hydrogens is 334 g/mol. The number of benzene rings is 1. The Kier molecular flexibility index (Phi) is 5.49. The number of pyridine rings is 1. The number of rotatable bonds is 4. The SMILES string of the molecule is COC(=O)c1ccc(C(=O)Nc2ccc(Cl)cc2NC(C)=O)nc1. The molecule has 0 saturated carbocycles. The van der Waals surface area contributed by atoms with Crippen molar-refractivity contribution in [2.24, 2.45) is 0 Å². The van der Waals surface area contributed by atoms with E-state index in [2.05, 4.69) is 20.4 Å². The van der Waals surface area contributed by atoms with Crippen molar-refractivity contribution in [1.29, 1.82) is 0 Å². The van der Waals surface area contributed by atoms with Crippen LogP contribution in [-0.4, -0.2) is 29.9 Å². The Morgan fingerprint density at radius 2 is 1.83 bits per heavy atom. The maximum absolute atomic E-state index is 12.3. The molecule has 0 aliphatic carbocycles. The Labute approximate surface area is 143 Å². The van der Waals surface area contributed by atoms with E-state index >= 15 is 0 Å². The molecule has 8 heteroatoms. The van der Waals surface area contributed by atoms with Gasteiger partial charge in [0, 0.05) is 18.1 Å². The van der Waals surface area contributed by atoms with Gasteiger partial charge in [0.2, 0.25) is 5.91 Å². The van der Waals surface area contributed by atoms with E-state index in [4.69, 9.17) is 11.6 Å². The Morgan fingerprint density at radius 1 is 1.08 bits per heavy atom. The summed E-state index contributed by atoms with van der Waals surface area (Å²) < 4.78 is 4.56. The summed E-state index contributed by atoms with van der Waals surface area (Å²) in [7, 11) is 1.26. The van der Waals surface area contributed by atoms with Gasteiger partial charge in [0.25, 0.3) is 5.91 Å². The molecule has 2 N–H and O–H groups in total. The summed E-state index contributed by atoms with van der Waals surface area (Å²) in [5.74, 6) is -1.34. The number of esters is 1. The van der Waals surface area contributed by atoms with E-state index in [0.29, 0.717) is 16.4 Å². The van der Waals surface area contributed by atoms with Crippen LogP contribution in [0.4, 0.5) is 11.4 Å². The average molecular weight is 348 g/mol. The van der Waals surface area contributed by atoms with Crippen LogP contribution < -0.4 is 10.6 Å². The van der Waals surface area contributed by atoms with Crippen LogP contribution in [0, 0.1) is 0 Å². The molecule has 1 aromatic heterocycles. The van der Waals surface area contributed by atoms with Crippen LogP contribution >= 0.6 is 11.6 Å². The first-order valence-corrected chi connectivity index (χ1v) is 7.21. The van der Waals surface area contributed by atoms with Crippen molar-refractivity contribution in [3.63, 3.8) is 0 Å². The summed E-state index contributed by atoms with van der Waals surface area (Å²) in [6, 6.07) is 7.50. The largest absolute Gasteiger partial charge is 0.465 e. The topological polar surface area (TPSA) is 97.4 Å². The zero-order valence-electron chi connectivity index (χ0n) is 12.9. The molecule has 7 nitrogen and oxygen atoms in total. The summed E-state index contributed by atoms with van der Waals surface area (Å²) >= 11 is 5.89. The van der Waals surface area contributed by atoms with Crippen molar-refractivity contribution in [1.82, 2.24) is 4.98 Å². The van der Waals surface area contributed by atoms with E-state index in [-0.39, 0.29) is 17.2 Å². The predicted octanol–water partition coefficient (Wildman–Crippen LogP) is 2.73. The second-order valence-corrected chi connectivity index (χ2v) is 5.19. The molecule has 0 radical (unpaired) electrons. The standard InChI is InChI=1S/C16H14ClN3O4/c1-9(21)19-14-7-11(17)4-6-12(14)20-15(22)13-5-3-10(8-18-13)16(23)24-2/h3-8H,1-2H3,(H,19,21)(H,20,22). The smallest absolute Gasteiger partial charge is 0.339 e. The summed E-state index contributed by atoms with van der Waals surface area (Å²) in [5, 5.41) is 5.63. The number of carbonyl (C=O) groups is 3. The monoisotopic (exact) mass is 347 g/mol. The summed E-state index contributed by atoms with van der Waals surface area (Å²) in [4.78, 5) is 38.8. The minimum absolute atomic E-state index is 0.103. The molecule has 124 valence electrons. The first kappa shape index (κ1) is 17.4. The molecule has 0 aliphatic heterocycles. The predicted molar refractivity (Wildman–Crippen MR) is 89.3 cm³/mol. The van der Waals surface area contributed by atoms with Gasteiger partial charge in [0.05, 0.1) is 24.0 Å². The lowest BCUT2D eigenvalue weighted by molar-refractivity contribution is -0.114. The second kappa shape index (κ2) is 7.56. The van der Waals surface area contributed by atoms with Gasteiger partial charge >= 0.3 is 5.97 Å².